The van der Waals surface area contributed by atoms with Crippen molar-refractivity contribution >= 4 is 61.5 Å². The fourth-order valence-corrected chi connectivity index (χ4v) is 5.88. The molecule has 4 aromatic rings. The van der Waals surface area contributed by atoms with E-state index in [9.17, 15) is 8.42 Å². The average Bonchev–Trinajstić information content (AvgIpc) is 3.31. The number of anilines is 3. The van der Waals surface area contributed by atoms with E-state index >= 15 is 0 Å². The van der Waals surface area contributed by atoms with Crippen LogP contribution >= 0.6 is 23.2 Å². The van der Waals surface area contributed by atoms with Crippen LogP contribution in [0.2, 0.25) is 10.0 Å². The third-order valence-electron chi connectivity index (χ3n) is 6.31. The van der Waals surface area contributed by atoms with Gasteiger partial charge in [-0.25, -0.2) is 22.4 Å². The molecule has 3 heterocycles. The van der Waals surface area contributed by atoms with Crippen LogP contribution in [0.3, 0.4) is 0 Å². The van der Waals surface area contributed by atoms with Gasteiger partial charge in [0.25, 0.3) is 0 Å². The number of piperazine rings is 1. The first-order valence-electron chi connectivity index (χ1n) is 11.8. The normalized spacial score (nSPS) is 14.2. The van der Waals surface area contributed by atoms with Gasteiger partial charge < -0.3 is 20.3 Å². The quantitative estimate of drug-likeness (QED) is 0.333. The monoisotopic (exact) mass is 560 g/mol. The van der Waals surface area contributed by atoms with Crippen LogP contribution in [0.25, 0.3) is 22.2 Å². The second-order valence-electron chi connectivity index (χ2n) is 8.51. The van der Waals surface area contributed by atoms with Crippen LogP contribution in [0.1, 0.15) is 6.92 Å². The molecule has 194 valence electrons. The topological polar surface area (TPSA) is 101 Å². The third-order valence-corrected chi connectivity index (χ3v) is 8.53. The molecule has 1 fully saturated rings. The van der Waals surface area contributed by atoms with E-state index in [0.717, 1.165) is 31.9 Å². The number of methoxy groups -OCH3 is 1. The van der Waals surface area contributed by atoms with Gasteiger partial charge in [0.1, 0.15) is 5.75 Å². The maximum absolute atomic E-state index is 12.7. The van der Waals surface area contributed by atoms with E-state index in [-0.39, 0.29) is 11.7 Å². The largest absolute Gasteiger partial charge is 0.494 e. The molecule has 0 unspecified atom stereocenters. The molecule has 0 amide bonds. The van der Waals surface area contributed by atoms with Crippen LogP contribution in [0, 0.1) is 0 Å². The Morgan fingerprint density at radius 3 is 2.62 bits per heavy atom. The predicted octanol–water partition coefficient (Wildman–Crippen LogP) is 4.76. The number of hydrogen-bond donors (Lipinski definition) is 2. The van der Waals surface area contributed by atoms with Crippen molar-refractivity contribution < 1.29 is 13.2 Å². The van der Waals surface area contributed by atoms with Gasteiger partial charge in [0.05, 0.1) is 51.7 Å². The predicted molar refractivity (Wildman–Crippen MR) is 149 cm³/mol. The zero-order chi connectivity index (χ0) is 26.2. The van der Waals surface area contributed by atoms with Crippen LogP contribution in [0.4, 0.5) is 17.3 Å². The minimum absolute atomic E-state index is 0.0418. The maximum Gasteiger partial charge on any atom is 0.238 e. The molecule has 2 aromatic heterocycles. The van der Waals surface area contributed by atoms with Gasteiger partial charge in [0.15, 0.2) is 0 Å². The summed E-state index contributed by atoms with van der Waals surface area (Å²) in [6, 6.07) is 10.9. The van der Waals surface area contributed by atoms with Gasteiger partial charge in [-0.3, -0.25) is 0 Å². The van der Waals surface area contributed by atoms with E-state index in [1.165, 1.54) is 10.2 Å². The summed E-state index contributed by atoms with van der Waals surface area (Å²) in [6.07, 6.45) is 3.04. The summed E-state index contributed by atoms with van der Waals surface area (Å²) in [4.78, 5) is 11.2. The summed E-state index contributed by atoms with van der Waals surface area (Å²) in [5, 5.41) is 8.10. The highest BCUT2D eigenvalue weighted by Crippen LogP contribution is 2.39. The number of fused-ring (bicyclic) bond motifs is 1. The molecule has 37 heavy (non-hydrogen) atoms. The molecule has 0 radical (unpaired) electrons. The van der Waals surface area contributed by atoms with Gasteiger partial charge in [0.2, 0.25) is 16.0 Å². The number of hydrogen-bond acceptors (Lipinski definition) is 8. The average molecular weight is 561 g/mol. The lowest BCUT2D eigenvalue weighted by Gasteiger charge is -2.30. The Morgan fingerprint density at radius 2 is 1.89 bits per heavy atom. The van der Waals surface area contributed by atoms with E-state index in [4.69, 9.17) is 27.9 Å². The summed E-state index contributed by atoms with van der Waals surface area (Å²) < 4.78 is 32.4. The van der Waals surface area contributed by atoms with Gasteiger partial charge in [0, 0.05) is 49.4 Å². The van der Waals surface area contributed by atoms with E-state index in [2.05, 4.69) is 25.5 Å². The molecule has 0 aliphatic carbocycles. The number of ether oxygens (including phenoxy) is 1. The minimum atomic E-state index is -3.54. The van der Waals surface area contributed by atoms with Crippen molar-refractivity contribution in [3.05, 3.63) is 58.8 Å². The number of rotatable bonds is 7. The Hall–Kier alpha value is -3.05. The zero-order valence-corrected chi connectivity index (χ0v) is 22.7. The van der Waals surface area contributed by atoms with Crippen molar-refractivity contribution in [3.8, 4) is 17.0 Å². The molecule has 2 aromatic carbocycles. The number of benzene rings is 2. The first kappa shape index (κ1) is 25.6. The molecule has 0 bridgehead atoms. The van der Waals surface area contributed by atoms with Gasteiger partial charge in [-0.05, 0) is 19.1 Å². The Bertz CT molecular complexity index is 1570. The second-order valence-corrected chi connectivity index (χ2v) is 11.5. The smallest absolute Gasteiger partial charge is 0.238 e. The van der Waals surface area contributed by atoms with Crippen molar-refractivity contribution in [1.82, 2.24) is 19.3 Å². The van der Waals surface area contributed by atoms with Gasteiger partial charge >= 0.3 is 0 Å². The number of nitrogens with zero attached hydrogens (tertiary/aromatic N) is 4. The zero-order valence-electron chi connectivity index (χ0n) is 20.3. The molecule has 1 aliphatic heterocycles. The molecule has 0 spiro atoms. The molecule has 0 atom stereocenters. The highest BCUT2D eigenvalue weighted by molar-refractivity contribution is 7.90. The summed E-state index contributed by atoms with van der Waals surface area (Å²) >= 11 is 13.2. The van der Waals surface area contributed by atoms with Crippen LogP contribution in [0.15, 0.2) is 48.8 Å². The SMILES string of the molecule is CCS(=O)(=O)n1cc(-c2nc(Nc3cc(Cl)c(N4CCNCC4)cc3OC)ncc2Cl)c2ccccc21. The fourth-order valence-electron chi connectivity index (χ4n) is 4.40. The summed E-state index contributed by atoms with van der Waals surface area (Å²) in [7, 11) is -1.94. The first-order chi connectivity index (χ1) is 17.8. The summed E-state index contributed by atoms with van der Waals surface area (Å²) in [5.41, 5.74) is 3.04. The van der Waals surface area contributed by atoms with E-state index in [1.807, 2.05) is 18.2 Å². The first-order valence-corrected chi connectivity index (χ1v) is 14.2. The second kappa shape index (κ2) is 10.4. The lowest BCUT2D eigenvalue weighted by Crippen LogP contribution is -2.43. The molecule has 0 saturated carbocycles. The van der Waals surface area contributed by atoms with Gasteiger partial charge in [-0.15, -0.1) is 0 Å². The fraction of sp³-hybridized carbons (Fsp3) is 0.280. The maximum atomic E-state index is 12.7. The Balaban J connectivity index is 1.55. The summed E-state index contributed by atoms with van der Waals surface area (Å²) in [6.45, 7) is 5.07. The van der Waals surface area contributed by atoms with E-state index < -0.39 is 10.0 Å². The molecule has 12 heteroatoms. The molecule has 1 saturated heterocycles. The van der Waals surface area contributed by atoms with Crippen LogP contribution in [-0.4, -0.2) is 61.4 Å². The molecule has 9 nitrogen and oxygen atoms in total. The lowest BCUT2D eigenvalue weighted by molar-refractivity contribution is 0.416. The molecular formula is C25H26Cl2N6O3S. The van der Waals surface area contributed by atoms with Gasteiger partial charge in [-0.2, -0.15) is 0 Å². The standard InChI is InChI=1S/C25H26Cl2N6O3S/c1-3-37(34,35)33-15-17(16-6-4-5-7-21(16)33)24-19(27)14-29-25(31-24)30-20-12-18(26)22(13-23(20)36-2)32-10-8-28-9-11-32/h4-7,12-15,28H,3,8-11H2,1-2H3,(H,29,30,31). The van der Waals surface area contributed by atoms with Crippen LogP contribution in [-0.2, 0) is 10.0 Å². The van der Waals surface area contributed by atoms with Crippen LogP contribution in [0.5, 0.6) is 5.75 Å². The van der Waals surface area contributed by atoms with Crippen molar-refractivity contribution in [1.29, 1.82) is 0 Å². The third kappa shape index (κ3) is 4.94. The van der Waals surface area contributed by atoms with Crippen molar-refractivity contribution in [2.24, 2.45) is 0 Å². The van der Waals surface area contributed by atoms with E-state index in [0.29, 0.717) is 43.6 Å². The number of nitrogens with one attached hydrogen (secondary N) is 2. The Kier molecular flexibility index (Phi) is 7.17. The van der Waals surface area contributed by atoms with Crippen molar-refractivity contribution in [2.75, 3.05) is 49.3 Å². The van der Waals surface area contributed by atoms with E-state index in [1.54, 1.807) is 38.4 Å². The van der Waals surface area contributed by atoms with Crippen molar-refractivity contribution in [3.63, 3.8) is 0 Å². The molecule has 1 aliphatic rings. The Morgan fingerprint density at radius 1 is 1.14 bits per heavy atom. The van der Waals surface area contributed by atoms with Crippen molar-refractivity contribution in [2.45, 2.75) is 6.92 Å². The number of halogens is 2. The highest BCUT2D eigenvalue weighted by Gasteiger charge is 2.22. The van der Waals surface area contributed by atoms with Crippen LogP contribution < -0.4 is 20.3 Å². The Labute approximate surface area is 225 Å². The molecular weight excluding hydrogens is 535 g/mol. The molecule has 5 rings (SSSR count). The minimum Gasteiger partial charge on any atom is -0.494 e. The summed E-state index contributed by atoms with van der Waals surface area (Å²) in [5.74, 6) is 0.808. The van der Waals surface area contributed by atoms with Gasteiger partial charge in [-0.1, -0.05) is 41.4 Å². The molecule has 2 N–H and O–H groups in total. The number of para-hydroxylation sites is 1. The number of aromatic nitrogens is 3. The lowest BCUT2D eigenvalue weighted by atomic mass is 10.1. The highest BCUT2D eigenvalue weighted by atomic mass is 35.5.